The van der Waals surface area contributed by atoms with E-state index in [1.807, 2.05) is 0 Å². The van der Waals surface area contributed by atoms with Crippen LogP contribution >= 0.6 is 0 Å². The van der Waals surface area contributed by atoms with E-state index in [2.05, 4.69) is 26.1 Å². The SMILES string of the molecule is CC[N+](CC)(CC)CC(=O)NC.[Y]. The summed E-state index contributed by atoms with van der Waals surface area (Å²) >= 11 is 0. The average molecular weight is 262 g/mol. The Balaban J connectivity index is 0. The minimum atomic E-state index is 0. The van der Waals surface area contributed by atoms with Gasteiger partial charge in [-0.05, 0) is 20.8 Å². The fourth-order valence-electron chi connectivity index (χ4n) is 1.39. The Hall–Kier alpha value is 0.534. The molecule has 75 valence electrons. The number of quaternary nitrogens is 1. The Bertz CT molecular complexity index is 138. The fourth-order valence-corrected chi connectivity index (χ4v) is 1.39. The molecule has 4 heteroatoms. The summed E-state index contributed by atoms with van der Waals surface area (Å²) in [6, 6.07) is 0. The molecule has 0 aromatic carbocycles. The number of nitrogens with zero attached hydrogens (tertiary/aromatic N) is 1. The zero-order chi connectivity index (χ0) is 9.61. The van der Waals surface area contributed by atoms with Gasteiger partial charge in [-0.15, -0.1) is 0 Å². The van der Waals surface area contributed by atoms with Gasteiger partial charge in [0.1, 0.15) is 0 Å². The third kappa shape index (κ3) is 5.09. The molecule has 0 saturated carbocycles. The Kier molecular flexibility index (Phi) is 9.70. The van der Waals surface area contributed by atoms with Crippen LogP contribution in [-0.2, 0) is 37.5 Å². The van der Waals surface area contributed by atoms with Crippen LogP contribution in [0.2, 0.25) is 0 Å². The van der Waals surface area contributed by atoms with Gasteiger partial charge in [0.25, 0.3) is 5.91 Å². The van der Waals surface area contributed by atoms with Gasteiger partial charge in [0.05, 0.1) is 19.6 Å². The average Bonchev–Trinajstić information content (AvgIpc) is 2.14. The topological polar surface area (TPSA) is 29.1 Å². The van der Waals surface area contributed by atoms with Gasteiger partial charge in [-0.3, -0.25) is 4.79 Å². The summed E-state index contributed by atoms with van der Waals surface area (Å²) in [6.45, 7) is 10.1. The van der Waals surface area contributed by atoms with Crippen molar-refractivity contribution in [3.8, 4) is 0 Å². The number of likely N-dealkylation sites (N-methyl/N-ethyl adjacent to an activating group) is 2. The fraction of sp³-hybridized carbons (Fsp3) is 0.889. The van der Waals surface area contributed by atoms with Gasteiger partial charge in [-0.1, -0.05) is 0 Å². The maximum Gasteiger partial charge on any atom is 0.275 e. The van der Waals surface area contributed by atoms with Crippen LogP contribution in [0.25, 0.3) is 0 Å². The predicted octanol–water partition coefficient (Wildman–Crippen LogP) is 0.606. The van der Waals surface area contributed by atoms with Gasteiger partial charge in [-0.2, -0.15) is 0 Å². The van der Waals surface area contributed by atoms with Crippen molar-refractivity contribution in [3.63, 3.8) is 0 Å². The third-order valence-corrected chi connectivity index (χ3v) is 2.77. The van der Waals surface area contributed by atoms with Crippen molar-refractivity contribution < 1.29 is 42.0 Å². The molecule has 0 unspecified atom stereocenters. The van der Waals surface area contributed by atoms with Crippen molar-refractivity contribution in [2.75, 3.05) is 33.2 Å². The molecule has 0 saturated heterocycles. The van der Waals surface area contributed by atoms with Crippen molar-refractivity contribution in [3.05, 3.63) is 0 Å². The molecule has 1 amide bonds. The first kappa shape index (κ1) is 16.0. The van der Waals surface area contributed by atoms with Crippen LogP contribution in [0.1, 0.15) is 20.8 Å². The van der Waals surface area contributed by atoms with E-state index < -0.39 is 0 Å². The molecule has 0 aromatic rings. The van der Waals surface area contributed by atoms with Gasteiger partial charge < -0.3 is 9.80 Å². The summed E-state index contributed by atoms with van der Waals surface area (Å²) in [5.74, 6) is 0.139. The quantitative estimate of drug-likeness (QED) is 0.722. The second-order valence-corrected chi connectivity index (χ2v) is 3.12. The first-order valence-electron chi connectivity index (χ1n) is 4.69. The summed E-state index contributed by atoms with van der Waals surface area (Å²) in [5.41, 5.74) is 0. The summed E-state index contributed by atoms with van der Waals surface area (Å²) < 4.78 is 0.889. The minimum Gasteiger partial charge on any atom is -0.354 e. The molecule has 0 aliphatic rings. The van der Waals surface area contributed by atoms with Gasteiger partial charge >= 0.3 is 0 Å². The van der Waals surface area contributed by atoms with Crippen LogP contribution in [0.4, 0.5) is 0 Å². The molecule has 1 N–H and O–H groups in total. The monoisotopic (exact) mass is 262 g/mol. The number of hydrogen-bond donors (Lipinski definition) is 1. The zero-order valence-electron chi connectivity index (χ0n) is 9.26. The number of hydrogen-bond acceptors (Lipinski definition) is 1. The third-order valence-electron chi connectivity index (χ3n) is 2.77. The molecule has 0 spiro atoms. The van der Waals surface area contributed by atoms with E-state index in [1.54, 1.807) is 7.05 Å². The summed E-state index contributed by atoms with van der Waals surface area (Å²) in [7, 11) is 1.69. The first-order chi connectivity index (χ1) is 5.64. The van der Waals surface area contributed by atoms with Gasteiger partial charge in [-0.25, -0.2) is 0 Å². The number of rotatable bonds is 5. The molecular weight excluding hydrogens is 241 g/mol. The van der Waals surface area contributed by atoms with E-state index in [1.165, 1.54) is 0 Å². The Morgan fingerprint density at radius 1 is 1.15 bits per heavy atom. The number of nitrogens with one attached hydrogen (secondary N) is 1. The summed E-state index contributed by atoms with van der Waals surface area (Å²) in [5, 5.41) is 2.67. The van der Waals surface area contributed by atoms with Gasteiger partial charge in [0, 0.05) is 39.8 Å². The van der Waals surface area contributed by atoms with Crippen LogP contribution in [0.15, 0.2) is 0 Å². The molecule has 13 heavy (non-hydrogen) atoms. The molecule has 0 aliphatic carbocycles. The molecule has 0 heterocycles. The van der Waals surface area contributed by atoms with E-state index in [9.17, 15) is 4.79 Å². The minimum absolute atomic E-state index is 0. The molecule has 0 atom stereocenters. The van der Waals surface area contributed by atoms with E-state index in [0.29, 0.717) is 6.54 Å². The number of carbonyl (C=O) groups is 1. The Morgan fingerprint density at radius 3 is 1.77 bits per heavy atom. The van der Waals surface area contributed by atoms with Gasteiger partial charge in [0.2, 0.25) is 0 Å². The molecular formula is C9H21N2OY+. The molecule has 0 bridgehead atoms. The molecule has 0 aromatic heterocycles. The largest absolute Gasteiger partial charge is 0.354 e. The Labute approximate surface area is 107 Å². The molecule has 0 rings (SSSR count). The van der Waals surface area contributed by atoms with Crippen molar-refractivity contribution in [1.29, 1.82) is 0 Å². The molecule has 1 radical (unpaired) electrons. The molecule has 3 nitrogen and oxygen atoms in total. The molecule has 0 aliphatic heterocycles. The van der Waals surface area contributed by atoms with Crippen molar-refractivity contribution in [2.45, 2.75) is 20.8 Å². The van der Waals surface area contributed by atoms with Crippen LogP contribution in [0, 0.1) is 0 Å². The maximum absolute atomic E-state index is 11.2. The van der Waals surface area contributed by atoms with Crippen LogP contribution in [0.5, 0.6) is 0 Å². The van der Waals surface area contributed by atoms with E-state index in [-0.39, 0.29) is 38.6 Å². The van der Waals surface area contributed by atoms with Crippen molar-refractivity contribution in [2.24, 2.45) is 0 Å². The standard InChI is InChI=1S/C9H20N2O.Y/c1-5-11(6-2,7-3)8-9(12)10-4;/h5-8H2,1-4H3;/p+1. The normalized spacial score (nSPS) is 10.5. The first-order valence-corrected chi connectivity index (χ1v) is 4.69. The second kappa shape index (κ2) is 7.89. The van der Waals surface area contributed by atoms with Crippen molar-refractivity contribution >= 4 is 5.91 Å². The maximum atomic E-state index is 11.2. The zero-order valence-corrected chi connectivity index (χ0v) is 12.1. The number of amides is 1. The van der Waals surface area contributed by atoms with Crippen LogP contribution in [0.3, 0.4) is 0 Å². The van der Waals surface area contributed by atoms with Crippen LogP contribution < -0.4 is 5.32 Å². The van der Waals surface area contributed by atoms with Crippen molar-refractivity contribution in [1.82, 2.24) is 5.32 Å². The number of carbonyl (C=O) groups excluding carboxylic acids is 1. The van der Waals surface area contributed by atoms with Crippen LogP contribution in [-0.4, -0.2) is 43.6 Å². The predicted molar refractivity (Wildman–Crippen MR) is 50.8 cm³/mol. The Morgan fingerprint density at radius 2 is 1.54 bits per heavy atom. The molecule has 0 fully saturated rings. The summed E-state index contributed by atoms with van der Waals surface area (Å²) in [4.78, 5) is 11.2. The van der Waals surface area contributed by atoms with E-state index in [4.69, 9.17) is 0 Å². The van der Waals surface area contributed by atoms with Gasteiger partial charge in [0.15, 0.2) is 6.54 Å². The van der Waals surface area contributed by atoms with E-state index >= 15 is 0 Å². The second-order valence-electron chi connectivity index (χ2n) is 3.12. The smallest absolute Gasteiger partial charge is 0.275 e. The summed E-state index contributed by atoms with van der Waals surface area (Å²) in [6.07, 6.45) is 0. The van der Waals surface area contributed by atoms with E-state index in [0.717, 1.165) is 24.1 Å².